The maximum Gasteiger partial charge on any atom is 0.211 e. The van der Waals surface area contributed by atoms with Crippen LogP contribution in [0.1, 0.15) is 44.2 Å². The van der Waals surface area contributed by atoms with Gasteiger partial charge >= 0.3 is 0 Å². The van der Waals surface area contributed by atoms with Crippen molar-refractivity contribution in [1.82, 2.24) is 9.62 Å². The zero-order chi connectivity index (χ0) is 16.0. The van der Waals surface area contributed by atoms with E-state index in [1.807, 2.05) is 25.1 Å². The lowest BCUT2D eigenvalue weighted by molar-refractivity contribution is 0.176. The second-order valence-corrected chi connectivity index (χ2v) is 8.32. The van der Waals surface area contributed by atoms with Gasteiger partial charge < -0.3 is 0 Å². The fourth-order valence-corrected chi connectivity index (χ4v) is 4.14. The molecule has 124 valence electrons. The quantitative estimate of drug-likeness (QED) is 0.839. The molecule has 1 heterocycles. The van der Waals surface area contributed by atoms with Gasteiger partial charge in [0.25, 0.3) is 0 Å². The van der Waals surface area contributed by atoms with E-state index >= 15 is 0 Å². The molecule has 0 bridgehead atoms. The molecule has 2 rings (SSSR count). The standard InChI is InChI=1S/C17H28N2O2S/c1-3-11-22(20,21)18-12-16-8-4-5-9-17(16)14-19-10-6-7-15(2)13-19/h4-5,8-9,15,18H,3,6-7,10-14H2,1-2H3. The summed E-state index contributed by atoms with van der Waals surface area (Å²) in [5.41, 5.74) is 2.32. The molecular weight excluding hydrogens is 296 g/mol. The lowest BCUT2D eigenvalue weighted by Gasteiger charge is -2.31. The summed E-state index contributed by atoms with van der Waals surface area (Å²) in [6, 6.07) is 8.15. The van der Waals surface area contributed by atoms with Crippen LogP contribution in [0.5, 0.6) is 0 Å². The topological polar surface area (TPSA) is 49.4 Å². The Balaban J connectivity index is 2.00. The molecule has 1 unspecified atom stereocenters. The van der Waals surface area contributed by atoms with Gasteiger partial charge in [-0.2, -0.15) is 0 Å². The van der Waals surface area contributed by atoms with Crippen LogP contribution in [0.3, 0.4) is 0 Å². The number of sulfonamides is 1. The minimum Gasteiger partial charge on any atom is -0.299 e. The minimum absolute atomic E-state index is 0.193. The Kier molecular flexibility index (Phi) is 6.41. The molecule has 1 aliphatic heterocycles. The third-order valence-electron chi connectivity index (χ3n) is 4.21. The predicted octanol–water partition coefficient (Wildman–Crippen LogP) is 2.75. The number of hydrogen-bond donors (Lipinski definition) is 1. The van der Waals surface area contributed by atoms with E-state index in [0.717, 1.165) is 31.1 Å². The van der Waals surface area contributed by atoms with Crippen LogP contribution in [0.4, 0.5) is 0 Å². The van der Waals surface area contributed by atoms with Gasteiger partial charge in [-0.1, -0.05) is 38.1 Å². The first-order chi connectivity index (χ1) is 10.5. The number of nitrogens with zero attached hydrogens (tertiary/aromatic N) is 1. The molecule has 1 aliphatic rings. The first kappa shape index (κ1) is 17.4. The van der Waals surface area contributed by atoms with Gasteiger partial charge in [0.05, 0.1) is 5.75 Å². The maximum absolute atomic E-state index is 11.8. The van der Waals surface area contributed by atoms with Gasteiger partial charge in [0.1, 0.15) is 0 Å². The number of rotatable bonds is 7. The highest BCUT2D eigenvalue weighted by atomic mass is 32.2. The number of nitrogens with one attached hydrogen (secondary N) is 1. The van der Waals surface area contributed by atoms with Crippen molar-refractivity contribution >= 4 is 10.0 Å². The second-order valence-electron chi connectivity index (χ2n) is 6.39. The van der Waals surface area contributed by atoms with E-state index in [9.17, 15) is 8.42 Å². The number of piperidine rings is 1. The number of likely N-dealkylation sites (tertiary alicyclic amines) is 1. The normalized spacial score (nSPS) is 20.2. The largest absolute Gasteiger partial charge is 0.299 e. The Morgan fingerprint density at radius 3 is 2.68 bits per heavy atom. The van der Waals surface area contributed by atoms with Crippen molar-refractivity contribution in [1.29, 1.82) is 0 Å². The van der Waals surface area contributed by atoms with Crippen molar-refractivity contribution in [3.05, 3.63) is 35.4 Å². The molecule has 1 atom stereocenters. The Labute approximate surface area is 135 Å². The Hall–Kier alpha value is -0.910. The van der Waals surface area contributed by atoms with Crippen LogP contribution >= 0.6 is 0 Å². The van der Waals surface area contributed by atoms with Crippen LogP contribution in [0.2, 0.25) is 0 Å². The molecule has 0 amide bonds. The fourth-order valence-electron chi connectivity index (χ4n) is 3.08. The molecule has 1 aromatic rings. The first-order valence-corrected chi connectivity index (χ1v) is 9.92. The van der Waals surface area contributed by atoms with Gasteiger partial charge in [0.15, 0.2) is 0 Å². The van der Waals surface area contributed by atoms with Crippen LogP contribution in [0.15, 0.2) is 24.3 Å². The van der Waals surface area contributed by atoms with E-state index in [0.29, 0.717) is 13.0 Å². The minimum atomic E-state index is -3.15. The molecule has 4 nitrogen and oxygen atoms in total. The Morgan fingerprint density at radius 2 is 2.00 bits per heavy atom. The van der Waals surface area contributed by atoms with Crippen molar-refractivity contribution in [3.63, 3.8) is 0 Å². The van der Waals surface area contributed by atoms with Crippen molar-refractivity contribution in [2.75, 3.05) is 18.8 Å². The average molecular weight is 324 g/mol. The SMILES string of the molecule is CCCS(=O)(=O)NCc1ccccc1CN1CCCC(C)C1. The molecule has 0 aliphatic carbocycles. The smallest absolute Gasteiger partial charge is 0.211 e. The molecule has 1 N–H and O–H groups in total. The second kappa shape index (κ2) is 8.09. The van der Waals surface area contributed by atoms with E-state index in [1.54, 1.807) is 0 Å². The Morgan fingerprint density at radius 1 is 1.27 bits per heavy atom. The predicted molar refractivity (Wildman–Crippen MR) is 91.0 cm³/mol. The van der Waals surface area contributed by atoms with Gasteiger partial charge in [-0.25, -0.2) is 13.1 Å². The zero-order valence-electron chi connectivity index (χ0n) is 13.7. The van der Waals surface area contributed by atoms with E-state index in [1.165, 1.54) is 18.4 Å². The van der Waals surface area contributed by atoms with Gasteiger partial charge in [-0.05, 0) is 42.9 Å². The summed E-state index contributed by atoms with van der Waals surface area (Å²) in [6.45, 7) is 7.76. The fraction of sp³-hybridized carbons (Fsp3) is 0.647. The molecule has 0 radical (unpaired) electrons. The molecular formula is C17H28N2O2S. The molecule has 22 heavy (non-hydrogen) atoms. The molecule has 1 saturated heterocycles. The van der Waals surface area contributed by atoms with E-state index in [2.05, 4.69) is 22.6 Å². The van der Waals surface area contributed by atoms with E-state index in [4.69, 9.17) is 0 Å². The van der Waals surface area contributed by atoms with Gasteiger partial charge in [0, 0.05) is 19.6 Å². The lowest BCUT2D eigenvalue weighted by atomic mass is 9.99. The average Bonchev–Trinajstić information content (AvgIpc) is 2.46. The summed E-state index contributed by atoms with van der Waals surface area (Å²) in [6.07, 6.45) is 3.21. The highest BCUT2D eigenvalue weighted by Gasteiger charge is 2.17. The molecule has 1 fully saturated rings. The summed E-state index contributed by atoms with van der Waals surface area (Å²) >= 11 is 0. The molecule has 0 spiro atoms. The number of benzene rings is 1. The molecule has 0 saturated carbocycles. The zero-order valence-corrected chi connectivity index (χ0v) is 14.5. The van der Waals surface area contributed by atoms with E-state index < -0.39 is 10.0 Å². The van der Waals surface area contributed by atoms with Crippen LogP contribution in [0, 0.1) is 5.92 Å². The maximum atomic E-state index is 11.8. The van der Waals surface area contributed by atoms with Crippen LogP contribution in [-0.4, -0.2) is 32.2 Å². The molecule has 5 heteroatoms. The van der Waals surface area contributed by atoms with Crippen molar-refractivity contribution in [2.45, 2.75) is 46.2 Å². The lowest BCUT2D eigenvalue weighted by Crippen LogP contribution is -2.34. The molecule has 1 aromatic carbocycles. The van der Waals surface area contributed by atoms with E-state index in [-0.39, 0.29) is 5.75 Å². The van der Waals surface area contributed by atoms with Crippen molar-refractivity contribution in [2.24, 2.45) is 5.92 Å². The summed E-state index contributed by atoms with van der Waals surface area (Å²) in [5, 5.41) is 0. The monoisotopic (exact) mass is 324 g/mol. The number of hydrogen-bond acceptors (Lipinski definition) is 3. The summed E-state index contributed by atoms with van der Waals surface area (Å²) in [7, 11) is -3.15. The summed E-state index contributed by atoms with van der Waals surface area (Å²) < 4.78 is 26.4. The highest BCUT2D eigenvalue weighted by molar-refractivity contribution is 7.89. The van der Waals surface area contributed by atoms with Gasteiger partial charge in [0.2, 0.25) is 10.0 Å². The summed E-state index contributed by atoms with van der Waals surface area (Å²) in [5.74, 6) is 0.947. The highest BCUT2D eigenvalue weighted by Crippen LogP contribution is 2.19. The van der Waals surface area contributed by atoms with Gasteiger partial charge in [-0.3, -0.25) is 4.90 Å². The van der Waals surface area contributed by atoms with Crippen LogP contribution in [-0.2, 0) is 23.1 Å². The summed E-state index contributed by atoms with van der Waals surface area (Å²) in [4.78, 5) is 2.48. The van der Waals surface area contributed by atoms with Crippen molar-refractivity contribution in [3.8, 4) is 0 Å². The van der Waals surface area contributed by atoms with Crippen LogP contribution < -0.4 is 4.72 Å². The van der Waals surface area contributed by atoms with Crippen molar-refractivity contribution < 1.29 is 8.42 Å². The first-order valence-electron chi connectivity index (χ1n) is 8.26. The van der Waals surface area contributed by atoms with Gasteiger partial charge in [-0.15, -0.1) is 0 Å². The Bertz CT molecular complexity index is 572. The third kappa shape index (κ3) is 5.38. The van der Waals surface area contributed by atoms with Crippen LogP contribution in [0.25, 0.3) is 0 Å². The molecule has 0 aromatic heterocycles. The third-order valence-corrected chi connectivity index (χ3v) is 5.74.